The van der Waals surface area contributed by atoms with E-state index in [9.17, 15) is 19.2 Å². The van der Waals surface area contributed by atoms with Crippen LogP contribution in [0.2, 0.25) is 0 Å². The molecule has 2 amide bonds. The molecule has 0 spiro atoms. The number of hydrogen-bond donors (Lipinski definition) is 5. The number of anilines is 2. The molecule has 2 aromatic carbocycles. The number of amides is 2. The molecule has 0 aromatic heterocycles. The molecule has 2 rings (SSSR count). The number of carbonyl (C=O) groups excluding carboxylic acids is 4. The molecule has 19 heteroatoms. The Morgan fingerprint density at radius 1 is 0.593 bits per heavy atom. The van der Waals surface area contributed by atoms with E-state index >= 15 is 0 Å². The summed E-state index contributed by atoms with van der Waals surface area (Å²) in [6, 6.07) is 13.3. The second-order valence-electron chi connectivity index (χ2n) is 12.8. The van der Waals surface area contributed by atoms with Gasteiger partial charge in [-0.2, -0.15) is 10.2 Å². The van der Waals surface area contributed by atoms with Crippen molar-refractivity contribution < 1.29 is 57.1 Å². The fourth-order valence-electron chi connectivity index (χ4n) is 5.11. The lowest BCUT2D eigenvalue weighted by molar-refractivity contribution is -0.148. The predicted octanol–water partition coefficient (Wildman–Crippen LogP) is 2.87. The van der Waals surface area contributed by atoms with Gasteiger partial charge in [0, 0.05) is 43.9 Å². The Bertz CT molecular complexity index is 1470. The summed E-state index contributed by atoms with van der Waals surface area (Å²) >= 11 is 0. The first-order valence-electron chi connectivity index (χ1n) is 19.8. The number of carbonyl (C=O) groups is 4. The Morgan fingerprint density at radius 3 is 1.56 bits per heavy atom. The van der Waals surface area contributed by atoms with Gasteiger partial charge >= 0.3 is 11.9 Å². The number of hydrogen-bond acceptors (Lipinski definition) is 17. The van der Waals surface area contributed by atoms with Crippen molar-refractivity contribution in [2.24, 2.45) is 27.6 Å². The topological polar surface area (TPSA) is 255 Å². The van der Waals surface area contributed by atoms with E-state index in [1.165, 1.54) is 14.2 Å². The average Bonchev–Trinajstić information content (AvgIpc) is 3.25. The molecule has 0 aliphatic carbocycles. The van der Waals surface area contributed by atoms with E-state index in [1.54, 1.807) is 24.3 Å². The zero-order valence-corrected chi connectivity index (χ0v) is 34.4. The fraction of sp³-hybridized carbons (Fsp3) is 0.600. The van der Waals surface area contributed by atoms with Crippen LogP contribution in [-0.2, 0) is 57.1 Å². The summed E-state index contributed by atoms with van der Waals surface area (Å²) in [5.41, 5.74) is 13.8. The third kappa shape index (κ3) is 25.5. The summed E-state index contributed by atoms with van der Waals surface area (Å²) < 4.78 is 41.8. The smallest absolute Gasteiger partial charge is 0.322 e. The number of ether oxygens (including phenoxy) is 8. The zero-order valence-electron chi connectivity index (χ0n) is 34.4. The molecule has 0 saturated carbocycles. The number of rotatable bonds is 35. The van der Waals surface area contributed by atoms with Crippen molar-refractivity contribution in [1.82, 2.24) is 5.32 Å². The molecule has 0 heterocycles. The molecule has 0 unspecified atom stereocenters. The quantitative estimate of drug-likeness (QED) is 0.0380. The average molecular weight is 834 g/mol. The molecule has 2 atom stereocenters. The minimum Gasteiger partial charge on any atom is -0.469 e. The number of benzene rings is 2. The highest BCUT2D eigenvalue weighted by molar-refractivity contribution is 5.90. The molecule has 330 valence electrons. The van der Waals surface area contributed by atoms with Crippen LogP contribution in [-0.4, -0.2) is 143 Å². The predicted molar refractivity (Wildman–Crippen MR) is 220 cm³/mol. The van der Waals surface area contributed by atoms with E-state index < -0.39 is 23.9 Å². The molecule has 0 aliphatic rings. The largest absolute Gasteiger partial charge is 0.469 e. The van der Waals surface area contributed by atoms with Gasteiger partial charge in [-0.25, -0.2) is 0 Å². The second kappa shape index (κ2) is 33.3. The molecular formula is C40H63N7O12. The van der Waals surface area contributed by atoms with Crippen LogP contribution < -0.4 is 27.4 Å². The van der Waals surface area contributed by atoms with Crippen molar-refractivity contribution >= 4 is 46.5 Å². The number of nitrogens with zero attached hydrogens (tertiary/aromatic N) is 2. The van der Waals surface area contributed by atoms with Crippen molar-refractivity contribution in [2.45, 2.75) is 38.1 Å². The number of nitrogens with one attached hydrogen (secondary N) is 3. The monoisotopic (exact) mass is 833 g/mol. The van der Waals surface area contributed by atoms with Crippen LogP contribution >= 0.6 is 0 Å². The summed E-state index contributed by atoms with van der Waals surface area (Å²) in [5, 5.41) is 17.5. The molecule has 0 aliphatic heterocycles. The van der Waals surface area contributed by atoms with Gasteiger partial charge in [0.2, 0.25) is 11.8 Å². The first kappa shape index (κ1) is 50.5. The molecule has 19 nitrogen and oxygen atoms in total. The minimum absolute atomic E-state index is 0.0686. The molecule has 0 saturated heterocycles. The van der Waals surface area contributed by atoms with E-state index in [0.717, 1.165) is 5.69 Å². The van der Waals surface area contributed by atoms with Crippen molar-refractivity contribution in [3.05, 3.63) is 48.5 Å². The Morgan fingerprint density at radius 2 is 1.07 bits per heavy atom. The Kier molecular flexibility index (Phi) is 28.5. The van der Waals surface area contributed by atoms with Gasteiger partial charge in [-0.05, 0) is 67.8 Å². The first-order valence-corrected chi connectivity index (χ1v) is 19.8. The van der Waals surface area contributed by atoms with E-state index in [4.69, 9.17) is 44.6 Å². The lowest BCUT2D eigenvalue weighted by Gasteiger charge is -2.17. The summed E-state index contributed by atoms with van der Waals surface area (Å²) in [6.45, 7) is 7.05. The molecule has 7 N–H and O–H groups in total. The summed E-state index contributed by atoms with van der Waals surface area (Å²) in [7, 11) is 2.49. The van der Waals surface area contributed by atoms with Crippen LogP contribution in [0.4, 0.5) is 22.7 Å². The summed E-state index contributed by atoms with van der Waals surface area (Å²) in [6.07, 6.45) is 1.22. The maximum atomic E-state index is 12.5. The maximum Gasteiger partial charge on any atom is 0.322 e. The SMILES string of the molecule is COC(=O)[C@@H](CCCC(=O)Nc1ccc(/N=N/c2ccc(NCCNC(=O)CCOCCOCCOCCOCCOCCOCCN)cc2)cc1)C[C@H](N)C(=O)OC. The molecule has 0 bridgehead atoms. The minimum atomic E-state index is -0.953. The Balaban J connectivity index is 1.49. The second-order valence-corrected chi connectivity index (χ2v) is 12.8. The lowest BCUT2D eigenvalue weighted by atomic mass is 9.94. The highest BCUT2D eigenvalue weighted by Gasteiger charge is 2.26. The van der Waals surface area contributed by atoms with Crippen LogP contribution in [0.25, 0.3) is 0 Å². The van der Waals surface area contributed by atoms with Gasteiger partial charge in [-0.3, -0.25) is 19.2 Å². The molecule has 2 aromatic rings. The molecule has 0 radical (unpaired) electrons. The number of methoxy groups -OCH3 is 2. The van der Waals surface area contributed by atoms with Crippen molar-refractivity contribution in [1.29, 1.82) is 0 Å². The molecule has 0 fully saturated rings. The number of nitrogens with two attached hydrogens (primary N) is 2. The van der Waals surface area contributed by atoms with Gasteiger partial charge in [0.05, 0.1) is 111 Å². The highest BCUT2D eigenvalue weighted by atomic mass is 16.6. The van der Waals surface area contributed by atoms with Crippen molar-refractivity contribution in [3.8, 4) is 0 Å². The van der Waals surface area contributed by atoms with Gasteiger partial charge < -0.3 is 65.3 Å². The Hall–Kier alpha value is -4.60. The summed E-state index contributed by atoms with van der Waals surface area (Å²) in [5.74, 6) is -2.05. The molecule has 59 heavy (non-hydrogen) atoms. The van der Waals surface area contributed by atoms with Crippen molar-refractivity contribution in [2.75, 3.05) is 124 Å². The first-order chi connectivity index (χ1) is 28.7. The standard InChI is InChI=1S/C40H63N7O12/c1-52-39(50)31(30-36(42)40(51)53-2)4-3-5-38(49)45-33-8-12-35(13-9-33)47-46-34-10-6-32(7-11-34)43-16-17-44-37(48)14-18-54-20-22-56-24-26-58-28-29-59-27-25-57-23-21-55-19-15-41/h6-13,31,36,43H,3-5,14-30,41-42H2,1-2H3,(H,44,48)(H,45,49)/b47-46+/t31-,36-/m0/s1. The van der Waals surface area contributed by atoms with Crippen LogP contribution in [0, 0.1) is 5.92 Å². The van der Waals surface area contributed by atoms with E-state index in [-0.39, 0.29) is 31.1 Å². The van der Waals surface area contributed by atoms with E-state index in [0.29, 0.717) is 129 Å². The van der Waals surface area contributed by atoms with Crippen LogP contribution in [0.15, 0.2) is 58.8 Å². The van der Waals surface area contributed by atoms with Gasteiger partial charge in [-0.15, -0.1) is 0 Å². The third-order valence-corrected chi connectivity index (χ3v) is 8.20. The summed E-state index contributed by atoms with van der Waals surface area (Å²) in [4.78, 5) is 48.3. The van der Waals surface area contributed by atoms with Crippen LogP contribution in [0.5, 0.6) is 0 Å². The van der Waals surface area contributed by atoms with E-state index in [1.807, 2.05) is 24.3 Å². The maximum absolute atomic E-state index is 12.5. The number of esters is 2. The molecular weight excluding hydrogens is 770 g/mol. The van der Waals surface area contributed by atoms with Crippen molar-refractivity contribution in [3.63, 3.8) is 0 Å². The van der Waals surface area contributed by atoms with E-state index in [2.05, 4.69) is 30.9 Å². The van der Waals surface area contributed by atoms with Gasteiger partial charge in [-0.1, -0.05) is 0 Å². The number of azo groups is 1. The third-order valence-electron chi connectivity index (χ3n) is 8.20. The highest BCUT2D eigenvalue weighted by Crippen LogP contribution is 2.22. The Labute approximate surface area is 346 Å². The normalized spacial score (nSPS) is 12.2. The van der Waals surface area contributed by atoms with Crippen LogP contribution in [0.3, 0.4) is 0 Å². The fourth-order valence-corrected chi connectivity index (χ4v) is 5.11. The van der Waals surface area contributed by atoms with Gasteiger partial charge in [0.1, 0.15) is 6.04 Å². The lowest BCUT2D eigenvalue weighted by Crippen LogP contribution is -2.35. The zero-order chi connectivity index (χ0) is 42.8. The van der Waals surface area contributed by atoms with Crippen LogP contribution in [0.1, 0.15) is 32.1 Å². The van der Waals surface area contributed by atoms with Gasteiger partial charge in [0.25, 0.3) is 0 Å². The van der Waals surface area contributed by atoms with Gasteiger partial charge in [0.15, 0.2) is 0 Å².